The van der Waals surface area contributed by atoms with E-state index in [-0.39, 0.29) is 5.50 Å². The third-order valence-electron chi connectivity index (χ3n) is 3.12. The normalized spacial score (nSPS) is 12.0. The molecule has 0 N–H and O–H groups in total. The van der Waals surface area contributed by atoms with Crippen LogP contribution < -0.4 is 0 Å². The van der Waals surface area contributed by atoms with Gasteiger partial charge in [0.05, 0.1) is 5.56 Å². The maximum atomic E-state index is 12.7. The topological polar surface area (TPSA) is 61.8 Å². The highest BCUT2D eigenvalue weighted by Gasteiger charge is 2.32. The van der Waals surface area contributed by atoms with Gasteiger partial charge < -0.3 is 13.8 Å². The Kier molecular flexibility index (Phi) is 6.52. The Bertz CT molecular complexity index is 763. The van der Waals surface area contributed by atoms with E-state index in [0.29, 0.717) is 11.1 Å². The molecule has 0 aliphatic heterocycles. The van der Waals surface area contributed by atoms with Crippen LogP contribution in [0.15, 0.2) is 64.6 Å². The molecular formula is C17H16BrO5P. The zero-order chi connectivity index (χ0) is 17.6. The van der Waals surface area contributed by atoms with E-state index in [1.807, 2.05) is 12.1 Å². The van der Waals surface area contributed by atoms with Crippen LogP contribution in [0.2, 0.25) is 0 Å². The molecule has 2 aromatic carbocycles. The van der Waals surface area contributed by atoms with Crippen molar-refractivity contribution in [1.82, 2.24) is 0 Å². The molecule has 0 aliphatic rings. The largest absolute Gasteiger partial charge is 0.414 e. The number of carbonyl (C=O) groups is 1. The lowest BCUT2D eigenvalue weighted by Crippen LogP contribution is -2.07. The first-order chi connectivity index (χ1) is 11.5. The van der Waals surface area contributed by atoms with Crippen LogP contribution in [-0.2, 0) is 18.3 Å². The lowest BCUT2D eigenvalue weighted by atomic mass is 10.2. The summed E-state index contributed by atoms with van der Waals surface area (Å²) in [7, 11) is -1.27. The Hall–Kier alpha value is -1.72. The van der Waals surface area contributed by atoms with E-state index in [4.69, 9.17) is 13.8 Å². The van der Waals surface area contributed by atoms with Gasteiger partial charge in [-0.15, -0.1) is 0 Å². The molecule has 2 rings (SSSR count). The molecule has 0 bridgehead atoms. The van der Waals surface area contributed by atoms with Crippen LogP contribution in [-0.4, -0.2) is 20.2 Å². The minimum Gasteiger partial charge on any atom is -0.414 e. The van der Waals surface area contributed by atoms with Crippen molar-refractivity contribution in [2.45, 2.75) is 0 Å². The SMILES string of the molecule is COP(=O)(OC)/C(=C/c1ccc(Br)cc1)OC(=O)c1ccccc1. The fourth-order valence-electron chi connectivity index (χ4n) is 1.85. The minimum absolute atomic E-state index is 0.177. The Morgan fingerprint density at radius 2 is 1.58 bits per heavy atom. The second-order valence-corrected chi connectivity index (χ2v) is 7.73. The number of hydrogen-bond acceptors (Lipinski definition) is 5. The molecule has 0 heterocycles. The molecule has 24 heavy (non-hydrogen) atoms. The van der Waals surface area contributed by atoms with Gasteiger partial charge in [-0.2, -0.15) is 0 Å². The van der Waals surface area contributed by atoms with E-state index in [1.54, 1.807) is 42.5 Å². The molecule has 126 valence electrons. The fourth-order valence-corrected chi connectivity index (χ4v) is 3.12. The number of esters is 1. The Morgan fingerprint density at radius 1 is 1.00 bits per heavy atom. The van der Waals surface area contributed by atoms with Crippen molar-refractivity contribution in [3.05, 3.63) is 75.7 Å². The van der Waals surface area contributed by atoms with Crippen LogP contribution >= 0.6 is 23.5 Å². The van der Waals surface area contributed by atoms with Crippen molar-refractivity contribution >= 4 is 35.6 Å². The molecule has 2 aromatic rings. The molecule has 0 spiro atoms. The molecule has 0 amide bonds. The van der Waals surface area contributed by atoms with E-state index in [0.717, 1.165) is 4.47 Å². The number of ether oxygens (including phenoxy) is 1. The predicted molar refractivity (Wildman–Crippen MR) is 95.6 cm³/mol. The van der Waals surface area contributed by atoms with Crippen LogP contribution in [0.3, 0.4) is 0 Å². The second-order valence-electron chi connectivity index (χ2n) is 4.65. The van der Waals surface area contributed by atoms with Gasteiger partial charge >= 0.3 is 13.6 Å². The van der Waals surface area contributed by atoms with Crippen LogP contribution in [0, 0.1) is 0 Å². The monoisotopic (exact) mass is 410 g/mol. The molecule has 0 saturated heterocycles. The van der Waals surface area contributed by atoms with Crippen LogP contribution in [0.4, 0.5) is 0 Å². The van der Waals surface area contributed by atoms with Gasteiger partial charge in [-0.25, -0.2) is 4.79 Å². The lowest BCUT2D eigenvalue weighted by Gasteiger charge is -2.17. The van der Waals surface area contributed by atoms with Crippen LogP contribution in [0.25, 0.3) is 6.08 Å². The van der Waals surface area contributed by atoms with Gasteiger partial charge in [-0.1, -0.05) is 46.3 Å². The third-order valence-corrected chi connectivity index (χ3v) is 5.37. The first-order valence-electron chi connectivity index (χ1n) is 6.95. The summed E-state index contributed by atoms with van der Waals surface area (Å²) >= 11 is 3.34. The molecule has 0 fully saturated rings. The van der Waals surface area contributed by atoms with E-state index in [1.165, 1.54) is 20.3 Å². The van der Waals surface area contributed by atoms with Crippen molar-refractivity contribution < 1.29 is 23.1 Å². The molecule has 0 unspecified atom stereocenters. The summed E-state index contributed by atoms with van der Waals surface area (Å²) in [5.74, 6) is -0.645. The average molecular weight is 411 g/mol. The number of halogens is 1. The van der Waals surface area contributed by atoms with Gasteiger partial charge in [0.15, 0.2) is 0 Å². The maximum Gasteiger partial charge on any atom is 0.395 e. The second kappa shape index (κ2) is 8.40. The zero-order valence-electron chi connectivity index (χ0n) is 13.1. The standard InChI is InChI=1S/C17H16BrO5P/c1-21-24(20,22-2)16(12-13-8-10-15(18)11-9-13)23-17(19)14-6-4-3-5-7-14/h3-12H,1-2H3/b16-12+. The van der Waals surface area contributed by atoms with E-state index in [2.05, 4.69) is 15.9 Å². The molecule has 7 heteroatoms. The van der Waals surface area contributed by atoms with Gasteiger partial charge in [-0.05, 0) is 35.9 Å². The van der Waals surface area contributed by atoms with Gasteiger partial charge in [0.2, 0.25) is 5.50 Å². The fraction of sp³-hybridized carbons (Fsp3) is 0.118. The number of benzene rings is 2. The highest BCUT2D eigenvalue weighted by atomic mass is 79.9. The zero-order valence-corrected chi connectivity index (χ0v) is 15.6. The van der Waals surface area contributed by atoms with Gasteiger partial charge in [0.25, 0.3) is 0 Å². The Labute approximate surface area is 148 Å². The quantitative estimate of drug-likeness (QED) is 0.377. The Balaban J connectivity index is 2.38. The lowest BCUT2D eigenvalue weighted by molar-refractivity contribution is 0.0635. The summed E-state index contributed by atoms with van der Waals surface area (Å²) in [4.78, 5) is 12.3. The first kappa shape index (κ1) is 18.6. The summed E-state index contributed by atoms with van der Waals surface area (Å²) < 4.78 is 28.8. The highest BCUT2D eigenvalue weighted by Crippen LogP contribution is 2.55. The van der Waals surface area contributed by atoms with Gasteiger partial charge in [0, 0.05) is 18.7 Å². The van der Waals surface area contributed by atoms with E-state index < -0.39 is 13.6 Å². The van der Waals surface area contributed by atoms with Crippen molar-refractivity contribution in [3.63, 3.8) is 0 Å². The van der Waals surface area contributed by atoms with Crippen molar-refractivity contribution in [2.75, 3.05) is 14.2 Å². The number of carbonyl (C=O) groups excluding carboxylic acids is 1. The maximum absolute atomic E-state index is 12.7. The molecular weight excluding hydrogens is 395 g/mol. The van der Waals surface area contributed by atoms with Crippen LogP contribution in [0.1, 0.15) is 15.9 Å². The van der Waals surface area contributed by atoms with Crippen molar-refractivity contribution in [3.8, 4) is 0 Å². The molecule has 0 radical (unpaired) electrons. The molecule has 0 saturated carbocycles. The molecule has 0 aromatic heterocycles. The molecule has 0 aliphatic carbocycles. The first-order valence-corrected chi connectivity index (χ1v) is 9.28. The smallest absolute Gasteiger partial charge is 0.395 e. The van der Waals surface area contributed by atoms with Crippen molar-refractivity contribution in [2.24, 2.45) is 0 Å². The highest BCUT2D eigenvalue weighted by molar-refractivity contribution is 9.10. The van der Waals surface area contributed by atoms with Gasteiger partial charge in [0.1, 0.15) is 0 Å². The van der Waals surface area contributed by atoms with E-state index >= 15 is 0 Å². The summed E-state index contributed by atoms with van der Waals surface area (Å²) in [5.41, 5.74) is 0.838. The average Bonchev–Trinajstić information content (AvgIpc) is 2.63. The summed E-state index contributed by atoms with van der Waals surface area (Å²) in [6, 6.07) is 15.6. The summed E-state index contributed by atoms with van der Waals surface area (Å²) in [6.45, 7) is 0. The van der Waals surface area contributed by atoms with Gasteiger partial charge in [-0.3, -0.25) is 4.57 Å². The number of rotatable bonds is 6. The number of hydrogen-bond donors (Lipinski definition) is 0. The van der Waals surface area contributed by atoms with Crippen molar-refractivity contribution in [1.29, 1.82) is 0 Å². The summed E-state index contributed by atoms with van der Waals surface area (Å²) in [5, 5.41) is 0. The molecule has 5 nitrogen and oxygen atoms in total. The predicted octanol–water partition coefficient (Wildman–Crippen LogP) is 5.09. The minimum atomic E-state index is -3.74. The third kappa shape index (κ3) is 4.65. The van der Waals surface area contributed by atoms with Crippen LogP contribution in [0.5, 0.6) is 0 Å². The Morgan fingerprint density at radius 3 is 2.12 bits per heavy atom. The summed E-state index contributed by atoms with van der Waals surface area (Å²) in [6.07, 6.45) is 1.46. The van der Waals surface area contributed by atoms with E-state index in [9.17, 15) is 9.36 Å². The molecule has 0 atom stereocenters.